The van der Waals surface area contributed by atoms with Crippen molar-refractivity contribution in [3.63, 3.8) is 0 Å². The Kier molecular flexibility index (Phi) is 4.74. The number of thiazole rings is 1. The smallest absolute Gasteiger partial charge is 0.186 e. The first-order chi connectivity index (χ1) is 13.1. The molecule has 0 N–H and O–H groups in total. The van der Waals surface area contributed by atoms with Crippen LogP contribution in [0.25, 0.3) is 10.2 Å². The minimum Gasteiger partial charge on any atom is -0.494 e. The van der Waals surface area contributed by atoms with E-state index in [-0.39, 0.29) is 5.78 Å². The second kappa shape index (κ2) is 7.19. The number of rotatable bonds is 4. The number of anilines is 2. The number of ether oxygens (including phenoxy) is 1. The monoisotopic (exact) mass is 381 g/mol. The van der Waals surface area contributed by atoms with Gasteiger partial charge in [-0.25, -0.2) is 4.98 Å². The highest BCUT2D eigenvalue weighted by atomic mass is 32.1. The normalized spacial score (nSPS) is 14.6. The molecule has 0 amide bonds. The van der Waals surface area contributed by atoms with Gasteiger partial charge in [-0.1, -0.05) is 17.4 Å². The lowest BCUT2D eigenvalue weighted by molar-refractivity contribution is 0.101. The van der Waals surface area contributed by atoms with Crippen LogP contribution in [0.1, 0.15) is 22.8 Å². The SMILES string of the molecule is COc1ccc(C)c2sc(N3CCN(c4ccc(C(C)=O)cc4)CC3)nc12. The summed E-state index contributed by atoms with van der Waals surface area (Å²) >= 11 is 1.74. The number of carbonyl (C=O) groups is 1. The third kappa shape index (κ3) is 3.37. The van der Waals surface area contributed by atoms with Crippen molar-refractivity contribution in [3.8, 4) is 5.75 Å². The molecule has 1 aliphatic heterocycles. The van der Waals surface area contributed by atoms with Gasteiger partial charge >= 0.3 is 0 Å². The number of methoxy groups -OCH3 is 1. The van der Waals surface area contributed by atoms with Crippen molar-refractivity contribution in [2.45, 2.75) is 13.8 Å². The number of aryl methyl sites for hydroxylation is 1. The summed E-state index contributed by atoms with van der Waals surface area (Å²) in [5.41, 5.74) is 4.12. The molecule has 27 heavy (non-hydrogen) atoms. The van der Waals surface area contributed by atoms with Crippen molar-refractivity contribution in [2.24, 2.45) is 0 Å². The number of carbonyl (C=O) groups excluding carboxylic acids is 1. The summed E-state index contributed by atoms with van der Waals surface area (Å²) in [6.07, 6.45) is 0. The maximum absolute atomic E-state index is 11.4. The number of hydrogen-bond donors (Lipinski definition) is 0. The van der Waals surface area contributed by atoms with Crippen molar-refractivity contribution in [1.29, 1.82) is 0 Å². The van der Waals surface area contributed by atoms with E-state index in [4.69, 9.17) is 9.72 Å². The maximum atomic E-state index is 11.4. The molecule has 3 aromatic rings. The number of piperazine rings is 1. The lowest BCUT2D eigenvalue weighted by Crippen LogP contribution is -2.46. The summed E-state index contributed by atoms with van der Waals surface area (Å²) in [5, 5.41) is 1.06. The number of fused-ring (bicyclic) bond motifs is 1. The van der Waals surface area contributed by atoms with E-state index in [0.717, 1.165) is 48.1 Å². The van der Waals surface area contributed by atoms with Crippen LogP contribution in [-0.4, -0.2) is 44.1 Å². The van der Waals surface area contributed by atoms with Crippen molar-refractivity contribution in [1.82, 2.24) is 4.98 Å². The van der Waals surface area contributed by atoms with Crippen LogP contribution >= 0.6 is 11.3 Å². The van der Waals surface area contributed by atoms with E-state index < -0.39 is 0 Å². The second-order valence-electron chi connectivity index (χ2n) is 6.84. The molecule has 0 bridgehead atoms. The van der Waals surface area contributed by atoms with Gasteiger partial charge in [-0.3, -0.25) is 4.79 Å². The number of nitrogens with zero attached hydrogens (tertiary/aromatic N) is 3. The Balaban J connectivity index is 1.50. The van der Waals surface area contributed by atoms with Gasteiger partial charge < -0.3 is 14.5 Å². The lowest BCUT2D eigenvalue weighted by atomic mass is 10.1. The van der Waals surface area contributed by atoms with E-state index in [1.165, 1.54) is 16.0 Å². The van der Waals surface area contributed by atoms with Crippen LogP contribution in [0.15, 0.2) is 36.4 Å². The topological polar surface area (TPSA) is 45.7 Å². The van der Waals surface area contributed by atoms with Gasteiger partial charge in [0.15, 0.2) is 10.9 Å². The zero-order valence-corrected chi connectivity index (χ0v) is 16.7. The summed E-state index contributed by atoms with van der Waals surface area (Å²) < 4.78 is 6.68. The van der Waals surface area contributed by atoms with Gasteiger partial charge in [-0.15, -0.1) is 0 Å². The molecule has 4 rings (SSSR count). The molecule has 1 saturated heterocycles. The standard InChI is InChI=1S/C21H23N3O2S/c1-14-4-9-18(26-3)19-20(14)27-21(22-19)24-12-10-23(11-13-24)17-7-5-16(6-8-17)15(2)25/h4-9H,10-13H2,1-3H3. The average Bonchev–Trinajstić information content (AvgIpc) is 3.15. The minimum absolute atomic E-state index is 0.105. The molecule has 2 aromatic carbocycles. The molecule has 0 saturated carbocycles. The fourth-order valence-electron chi connectivity index (χ4n) is 3.46. The first-order valence-corrected chi connectivity index (χ1v) is 9.93. The quantitative estimate of drug-likeness (QED) is 0.636. The highest BCUT2D eigenvalue weighted by molar-refractivity contribution is 7.22. The van der Waals surface area contributed by atoms with Gasteiger partial charge in [0.25, 0.3) is 0 Å². The molecule has 6 heteroatoms. The van der Waals surface area contributed by atoms with Crippen LogP contribution in [0.3, 0.4) is 0 Å². The van der Waals surface area contributed by atoms with Crippen LogP contribution < -0.4 is 14.5 Å². The number of benzene rings is 2. The van der Waals surface area contributed by atoms with Crippen molar-refractivity contribution >= 4 is 38.2 Å². The average molecular weight is 382 g/mol. The highest BCUT2D eigenvalue weighted by Crippen LogP contribution is 2.36. The largest absolute Gasteiger partial charge is 0.494 e. The fourth-order valence-corrected chi connectivity index (χ4v) is 4.56. The van der Waals surface area contributed by atoms with E-state index in [9.17, 15) is 4.79 Å². The van der Waals surface area contributed by atoms with E-state index in [2.05, 4.69) is 22.8 Å². The van der Waals surface area contributed by atoms with Crippen LogP contribution in [-0.2, 0) is 0 Å². The number of ketones is 1. The molecule has 0 spiro atoms. The summed E-state index contributed by atoms with van der Waals surface area (Å²) in [6.45, 7) is 7.44. The van der Waals surface area contributed by atoms with E-state index in [0.29, 0.717) is 0 Å². The zero-order valence-electron chi connectivity index (χ0n) is 15.9. The van der Waals surface area contributed by atoms with Crippen molar-refractivity contribution in [3.05, 3.63) is 47.5 Å². The Bertz CT molecular complexity index is 973. The molecule has 2 heterocycles. The van der Waals surface area contributed by atoms with Gasteiger partial charge in [-0.05, 0) is 49.7 Å². The predicted octanol–water partition coefficient (Wildman–Crippen LogP) is 4.14. The van der Waals surface area contributed by atoms with E-state index in [1.54, 1.807) is 25.4 Å². The number of Topliss-reactive ketones (excluding diaryl/α,β-unsaturated/α-hetero) is 1. The minimum atomic E-state index is 0.105. The van der Waals surface area contributed by atoms with Gasteiger partial charge in [-0.2, -0.15) is 0 Å². The van der Waals surface area contributed by atoms with Gasteiger partial charge in [0.05, 0.1) is 11.8 Å². The van der Waals surface area contributed by atoms with Crippen LogP contribution in [0.5, 0.6) is 5.75 Å². The molecule has 1 fully saturated rings. The Morgan fingerprint density at radius 1 is 1.04 bits per heavy atom. The molecule has 5 nitrogen and oxygen atoms in total. The van der Waals surface area contributed by atoms with Crippen molar-refractivity contribution in [2.75, 3.05) is 43.1 Å². The number of hydrogen-bond acceptors (Lipinski definition) is 6. The molecule has 0 unspecified atom stereocenters. The third-order valence-electron chi connectivity index (χ3n) is 5.10. The molecule has 1 aliphatic rings. The molecule has 0 atom stereocenters. The van der Waals surface area contributed by atoms with Crippen LogP contribution in [0.2, 0.25) is 0 Å². The molecule has 140 valence electrons. The summed E-state index contributed by atoms with van der Waals surface area (Å²) in [4.78, 5) is 21.0. The van der Waals surface area contributed by atoms with Gasteiger partial charge in [0.2, 0.25) is 0 Å². The Morgan fingerprint density at radius 3 is 2.33 bits per heavy atom. The first kappa shape index (κ1) is 17.8. The molecule has 1 aromatic heterocycles. The Morgan fingerprint density at radius 2 is 1.70 bits per heavy atom. The van der Waals surface area contributed by atoms with Gasteiger partial charge in [0.1, 0.15) is 11.3 Å². The summed E-state index contributed by atoms with van der Waals surface area (Å²) in [5.74, 6) is 0.940. The molecular weight excluding hydrogens is 358 g/mol. The number of aromatic nitrogens is 1. The van der Waals surface area contributed by atoms with Crippen molar-refractivity contribution < 1.29 is 9.53 Å². The first-order valence-electron chi connectivity index (χ1n) is 9.12. The molecular formula is C21H23N3O2S. The molecule has 0 aliphatic carbocycles. The van der Waals surface area contributed by atoms with E-state index >= 15 is 0 Å². The summed E-state index contributed by atoms with van der Waals surface area (Å²) in [7, 11) is 1.69. The lowest BCUT2D eigenvalue weighted by Gasteiger charge is -2.36. The highest BCUT2D eigenvalue weighted by Gasteiger charge is 2.21. The fraction of sp³-hybridized carbons (Fsp3) is 0.333. The summed E-state index contributed by atoms with van der Waals surface area (Å²) in [6, 6.07) is 12.0. The Labute approximate surface area is 163 Å². The van der Waals surface area contributed by atoms with Gasteiger partial charge in [0, 0.05) is 37.4 Å². The maximum Gasteiger partial charge on any atom is 0.186 e. The van der Waals surface area contributed by atoms with Crippen LogP contribution in [0.4, 0.5) is 10.8 Å². The molecule has 0 radical (unpaired) electrons. The second-order valence-corrected chi connectivity index (χ2v) is 7.81. The zero-order chi connectivity index (χ0) is 19.0. The van der Waals surface area contributed by atoms with E-state index in [1.807, 2.05) is 30.3 Å². The third-order valence-corrected chi connectivity index (χ3v) is 6.35. The Hall–Kier alpha value is -2.60. The predicted molar refractivity (Wildman–Crippen MR) is 112 cm³/mol. The van der Waals surface area contributed by atoms with Crippen LogP contribution in [0, 0.1) is 6.92 Å².